The van der Waals surface area contributed by atoms with Crippen molar-refractivity contribution in [2.75, 3.05) is 6.61 Å². The summed E-state index contributed by atoms with van der Waals surface area (Å²) in [5.41, 5.74) is 0. The Morgan fingerprint density at radius 2 is 1.47 bits per heavy atom. The van der Waals surface area contributed by atoms with Crippen LogP contribution in [0.4, 0.5) is 0 Å². The van der Waals surface area contributed by atoms with Gasteiger partial charge in [0.15, 0.2) is 0 Å². The van der Waals surface area contributed by atoms with Gasteiger partial charge in [-0.2, -0.15) is 0 Å². The van der Waals surface area contributed by atoms with Crippen LogP contribution in [0.2, 0.25) is 0 Å². The molecule has 0 heterocycles. The van der Waals surface area contributed by atoms with Crippen LogP contribution >= 0.6 is 0 Å². The van der Waals surface area contributed by atoms with Crippen molar-refractivity contribution in [1.29, 1.82) is 0 Å². The van der Waals surface area contributed by atoms with Crippen molar-refractivity contribution >= 4 is 5.97 Å². The molecule has 0 aromatic rings. The first-order chi connectivity index (χ1) is 9.31. The number of rotatable bonds is 13. The summed E-state index contributed by atoms with van der Waals surface area (Å²) in [4.78, 5) is 10.8. The fourth-order valence-corrected chi connectivity index (χ4v) is 2.00. The quantitative estimate of drug-likeness (QED) is 0.198. The van der Waals surface area contributed by atoms with Crippen molar-refractivity contribution in [3.63, 3.8) is 0 Å². The van der Waals surface area contributed by atoms with Crippen LogP contribution in [0.1, 0.15) is 71.1 Å². The minimum atomic E-state index is -0.307. The lowest BCUT2D eigenvalue weighted by atomic mass is 10.1. The van der Waals surface area contributed by atoms with Gasteiger partial charge in [0, 0.05) is 6.08 Å². The van der Waals surface area contributed by atoms with Gasteiger partial charge in [0.1, 0.15) is 0 Å². The number of carbonyl (C=O) groups is 1. The van der Waals surface area contributed by atoms with Gasteiger partial charge in [0.05, 0.1) is 6.61 Å². The molecule has 0 fully saturated rings. The number of allylic oxidation sites excluding steroid dienone is 2. The van der Waals surface area contributed by atoms with E-state index in [4.69, 9.17) is 4.74 Å². The maximum absolute atomic E-state index is 10.8. The van der Waals surface area contributed by atoms with Crippen molar-refractivity contribution < 1.29 is 9.53 Å². The van der Waals surface area contributed by atoms with Crippen LogP contribution in [0, 0.1) is 0 Å². The molecule has 2 nitrogen and oxygen atoms in total. The number of hydrogen-bond donors (Lipinski definition) is 0. The summed E-state index contributed by atoms with van der Waals surface area (Å²) in [5, 5.41) is 0. The van der Waals surface area contributed by atoms with Crippen LogP contribution in [0.15, 0.2) is 24.8 Å². The summed E-state index contributed by atoms with van der Waals surface area (Å²) in [5.74, 6) is -0.307. The molecule has 0 N–H and O–H groups in total. The largest absolute Gasteiger partial charge is 0.463 e. The molecular formula is C17H30O2. The molecular weight excluding hydrogens is 236 g/mol. The lowest BCUT2D eigenvalue weighted by molar-refractivity contribution is -0.137. The highest BCUT2D eigenvalue weighted by Crippen LogP contribution is 2.10. The highest BCUT2D eigenvalue weighted by atomic mass is 16.5. The second kappa shape index (κ2) is 15.0. The number of unbranched alkanes of at least 4 members (excludes halogenated alkanes) is 9. The van der Waals surface area contributed by atoms with Gasteiger partial charge in [-0.15, -0.1) is 0 Å². The molecule has 0 aromatic heterocycles. The first-order valence-electron chi connectivity index (χ1n) is 7.71. The molecule has 0 bridgehead atoms. The maximum atomic E-state index is 10.8. The van der Waals surface area contributed by atoms with Gasteiger partial charge in [0.2, 0.25) is 0 Å². The Balaban J connectivity index is 3.02. The van der Waals surface area contributed by atoms with E-state index in [1.807, 2.05) is 0 Å². The van der Waals surface area contributed by atoms with Crippen molar-refractivity contribution in [3.8, 4) is 0 Å². The first-order valence-corrected chi connectivity index (χ1v) is 7.71. The van der Waals surface area contributed by atoms with Crippen LogP contribution in [0.5, 0.6) is 0 Å². The smallest absolute Gasteiger partial charge is 0.330 e. The third kappa shape index (κ3) is 14.9. The summed E-state index contributed by atoms with van der Waals surface area (Å²) in [6.45, 7) is 5.98. The second-order valence-corrected chi connectivity index (χ2v) is 4.91. The van der Waals surface area contributed by atoms with E-state index < -0.39 is 0 Å². The number of carbonyl (C=O) groups excluding carboxylic acids is 1. The van der Waals surface area contributed by atoms with E-state index >= 15 is 0 Å². The van der Waals surface area contributed by atoms with Crippen molar-refractivity contribution in [2.24, 2.45) is 0 Å². The summed E-state index contributed by atoms with van der Waals surface area (Å²) in [6, 6.07) is 0. The first kappa shape index (κ1) is 17.9. The molecule has 110 valence electrons. The van der Waals surface area contributed by atoms with Crippen molar-refractivity contribution in [1.82, 2.24) is 0 Å². The van der Waals surface area contributed by atoms with E-state index in [0.717, 1.165) is 12.8 Å². The molecule has 0 saturated heterocycles. The SMILES string of the molecule is C=CC(=O)OCCCCCCCCCCC/C=C\C. The Labute approximate surface area is 118 Å². The van der Waals surface area contributed by atoms with E-state index in [9.17, 15) is 4.79 Å². The van der Waals surface area contributed by atoms with Crippen LogP contribution < -0.4 is 0 Å². The number of ether oxygens (including phenoxy) is 1. The lowest BCUT2D eigenvalue weighted by Crippen LogP contribution is -2.01. The standard InChI is InChI=1S/C17H30O2/c1-3-5-6-7-8-9-10-11-12-13-14-15-16-19-17(18)4-2/h3-5H,2,6-16H2,1H3/b5-3-. The van der Waals surface area contributed by atoms with Gasteiger partial charge < -0.3 is 4.74 Å². The van der Waals surface area contributed by atoms with Gasteiger partial charge in [-0.3, -0.25) is 0 Å². The van der Waals surface area contributed by atoms with Crippen LogP contribution in [0.3, 0.4) is 0 Å². The average molecular weight is 266 g/mol. The zero-order valence-corrected chi connectivity index (χ0v) is 12.5. The Bertz CT molecular complexity index is 244. The molecule has 19 heavy (non-hydrogen) atoms. The number of esters is 1. The molecule has 0 aliphatic carbocycles. The molecule has 0 aliphatic rings. The summed E-state index contributed by atoms with van der Waals surface area (Å²) in [7, 11) is 0. The fourth-order valence-electron chi connectivity index (χ4n) is 2.00. The van der Waals surface area contributed by atoms with E-state index in [-0.39, 0.29) is 5.97 Å². The van der Waals surface area contributed by atoms with Crippen molar-refractivity contribution in [3.05, 3.63) is 24.8 Å². The third-order valence-electron chi connectivity index (χ3n) is 3.16. The Hall–Kier alpha value is -1.05. The molecule has 0 aromatic carbocycles. The van der Waals surface area contributed by atoms with Gasteiger partial charge in [-0.05, 0) is 26.2 Å². The molecule has 0 amide bonds. The van der Waals surface area contributed by atoms with E-state index in [1.54, 1.807) is 0 Å². The highest BCUT2D eigenvalue weighted by molar-refractivity contribution is 5.81. The minimum Gasteiger partial charge on any atom is -0.463 e. The van der Waals surface area contributed by atoms with E-state index in [0.29, 0.717) is 6.61 Å². The topological polar surface area (TPSA) is 26.3 Å². The lowest BCUT2D eigenvalue weighted by Gasteiger charge is -2.03. The molecule has 0 saturated carbocycles. The molecule has 0 rings (SSSR count). The summed E-state index contributed by atoms with van der Waals surface area (Å²) in [6.07, 6.45) is 18.3. The number of hydrogen-bond acceptors (Lipinski definition) is 2. The zero-order chi connectivity index (χ0) is 14.2. The fraction of sp³-hybridized carbons (Fsp3) is 0.706. The van der Waals surface area contributed by atoms with Crippen LogP contribution in [0.25, 0.3) is 0 Å². The Morgan fingerprint density at radius 3 is 2.00 bits per heavy atom. The zero-order valence-electron chi connectivity index (χ0n) is 12.5. The third-order valence-corrected chi connectivity index (χ3v) is 3.16. The van der Waals surface area contributed by atoms with E-state index in [1.165, 1.54) is 57.4 Å². The Morgan fingerprint density at radius 1 is 0.947 bits per heavy atom. The molecule has 0 aliphatic heterocycles. The van der Waals surface area contributed by atoms with Gasteiger partial charge >= 0.3 is 5.97 Å². The van der Waals surface area contributed by atoms with Gasteiger partial charge in [0.25, 0.3) is 0 Å². The van der Waals surface area contributed by atoms with Crippen LogP contribution in [-0.4, -0.2) is 12.6 Å². The van der Waals surface area contributed by atoms with Crippen molar-refractivity contribution in [2.45, 2.75) is 71.1 Å². The molecule has 0 unspecified atom stereocenters. The molecule has 2 heteroatoms. The van der Waals surface area contributed by atoms with Gasteiger partial charge in [-0.1, -0.05) is 63.7 Å². The maximum Gasteiger partial charge on any atom is 0.330 e. The second-order valence-electron chi connectivity index (χ2n) is 4.91. The Kier molecular flexibility index (Phi) is 14.2. The predicted octanol–water partition coefficient (Wildman–Crippen LogP) is 5.19. The van der Waals surface area contributed by atoms with E-state index in [2.05, 4.69) is 25.7 Å². The highest BCUT2D eigenvalue weighted by Gasteiger charge is 1.95. The summed E-state index contributed by atoms with van der Waals surface area (Å²) >= 11 is 0. The normalized spacial score (nSPS) is 10.8. The monoisotopic (exact) mass is 266 g/mol. The predicted molar refractivity (Wildman–Crippen MR) is 82.1 cm³/mol. The van der Waals surface area contributed by atoms with Crippen LogP contribution in [-0.2, 0) is 9.53 Å². The molecule has 0 atom stereocenters. The minimum absolute atomic E-state index is 0.307. The average Bonchev–Trinajstić information content (AvgIpc) is 2.43. The molecule has 0 radical (unpaired) electrons. The summed E-state index contributed by atoms with van der Waals surface area (Å²) < 4.78 is 4.92. The molecule has 0 spiro atoms. The van der Waals surface area contributed by atoms with Gasteiger partial charge in [-0.25, -0.2) is 4.79 Å².